The summed E-state index contributed by atoms with van der Waals surface area (Å²) in [4.78, 5) is 14.4. The normalized spacial score (nSPS) is 16.1. The number of hydrogen-bond donors (Lipinski definition) is 2. The molecule has 4 aromatic rings. The summed E-state index contributed by atoms with van der Waals surface area (Å²) in [6.07, 6.45) is -3.73. The molecule has 3 N–H and O–H groups in total. The van der Waals surface area contributed by atoms with E-state index in [2.05, 4.69) is 32.4 Å². The lowest BCUT2D eigenvalue weighted by atomic mass is 9.90. The van der Waals surface area contributed by atoms with Crippen LogP contribution in [-0.2, 0) is 19.1 Å². The van der Waals surface area contributed by atoms with Crippen molar-refractivity contribution in [2.24, 2.45) is 5.73 Å². The largest absolute Gasteiger partial charge is 0.416 e. The molecule has 1 aromatic heterocycles. The molecule has 0 bridgehead atoms. The Morgan fingerprint density at radius 3 is 2.44 bits per heavy atom. The van der Waals surface area contributed by atoms with Gasteiger partial charge in [0, 0.05) is 24.1 Å². The SMILES string of the molecule is CC(c1ccc(-c2nn[nH]n2)cc1)C1Cc2cccc(C(N)=O)c2N1Cc1ccc(C(F)(F)F)cc1. The number of amides is 1. The summed E-state index contributed by atoms with van der Waals surface area (Å²) in [5, 5.41) is 14.0. The van der Waals surface area contributed by atoms with Crippen molar-refractivity contribution in [2.45, 2.75) is 38.0 Å². The number of halogens is 3. The molecule has 5 rings (SSSR count). The van der Waals surface area contributed by atoms with Crippen molar-refractivity contribution in [2.75, 3.05) is 4.90 Å². The first-order valence-corrected chi connectivity index (χ1v) is 11.4. The number of rotatable bonds is 6. The second kappa shape index (κ2) is 9.10. The number of aromatic amines is 1. The Kier molecular flexibility index (Phi) is 5.95. The molecule has 3 aromatic carbocycles. The van der Waals surface area contributed by atoms with E-state index in [1.807, 2.05) is 36.4 Å². The fourth-order valence-corrected chi connectivity index (χ4v) is 4.88. The lowest BCUT2D eigenvalue weighted by molar-refractivity contribution is -0.137. The number of tetrazole rings is 1. The average Bonchev–Trinajstić information content (AvgIpc) is 3.52. The van der Waals surface area contributed by atoms with E-state index in [-0.39, 0.29) is 12.0 Å². The number of nitrogens with zero attached hydrogens (tertiary/aromatic N) is 4. The van der Waals surface area contributed by atoms with Crippen LogP contribution < -0.4 is 10.6 Å². The molecule has 2 atom stereocenters. The maximum atomic E-state index is 13.1. The molecule has 0 saturated heterocycles. The lowest BCUT2D eigenvalue weighted by Gasteiger charge is -2.33. The number of benzene rings is 3. The van der Waals surface area contributed by atoms with Gasteiger partial charge in [0.05, 0.1) is 16.8 Å². The fraction of sp³-hybridized carbons (Fsp3) is 0.231. The third-order valence-electron chi connectivity index (χ3n) is 6.75. The van der Waals surface area contributed by atoms with Crippen LogP contribution in [0, 0.1) is 0 Å². The minimum Gasteiger partial charge on any atom is -0.366 e. The molecule has 0 saturated carbocycles. The summed E-state index contributed by atoms with van der Waals surface area (Å²) in [6.45, 7) is 2.44. The van der Waals surface area contributed by atoms with E-state index in [9.17, 15) is 18.0 Å². The van der Waals surface area contributed by atoms with Gasteiger partial charge in [0.2, 0.25) is 5.82 Å². The van der Waals surface area contributed by atoms with Crippen LogP contribution in [0.1, 0.15) is 45.5 Å². The molecule has 2 unspecified atom stereocenters. The van der Waals surface area contributed by atoms with Gasteiger partial charge in [0.25, 0.3) is 5.91 Å². The van der Waals surface area contributed by atoms with Crippen molar-refractivity contribution >= 4 is 11.6 Å². The number of alkyl halides is 3. The van der Waals surface area contributed by atoms with Crippen LogP contribution in [0.5, 0.6) is 0 Å². The molecule has 1 amide bonds. The number of H-pyrrole nitrogens is 1. The molecule has 10 heteroatoms. The second-order valence-electron chi connectivity index (χ2n) is 8.92. The van der Waals surface area contributed by atoms with E-state index in [0.29, 0.717) is 29.9 Å². The Labute approximate surface area is 205 Å². The minimum atomic E-state index is -4.40. The number of hydrogen-bond acceptors (Lipinski definition) is 5. The van der Waals surface area contributed by atoms with Crippen LogP contribution >= 0.6 is 0 Å². The zero-order valence-electron chi connectivity index (χ0n) is 19.3. The molecule has 0 radical (unpaired) electrons. The summed E-state index contributed by atoms with van der Waals surface area (Å²) in [7, 11) is 0. The van der Waals surface area contributed by atoms with Crippen molar-refractivity contribution in [3.8, 4) is 11.4 Å². The van der Waals surface area contributed by atoms with Crippen molar-refractivity contribution in [1.82, 2.24) is 20.6 Å². The van der Waals surface area contributed by atoms with Crippen LogP contribution in [0.15, 0.2) is 66.7 Å². The quantitative estimate of drug-likeness (QED) is 0.406. The number of carbonyl (C=O) groups is 1. The number of carbonyl (C=O) groups excluding carboxylic acids is 1. The standard InChI is InChI=1S/C26H23F3N6O/c1-15(17-7-9-18(10-8-17)25-31-33-34-32-25)22-13-19-3-2-4-21(24(30)36)23(19)35(22)14-16-5-11-20(12-6-16)26(27,28)29/h2-12,15,22H,13-14H2,1H3,(H2,30,36)(H,31,32,33,34). The van der Waals surface area contributed by atoms with Gasteiger partial charge in [-0.1, -0.05) is 55.5 Å². The lowest BCUT2D eigenvalue weighted by Crippen LogP contribution is -2.36. The summed E-state index contributed by atoms with van der Waals surface area (Å²) >= 11 is 0. The van der Waals surface area contributed by atoms with Gasteiger partial charge >= 0.3 is 6.18 Å². The number of nitrogens with two attached hydrogens (primary N) is 1. The highest BCUT2D eigenvalue weighted by molar-refractivity contribution is 6.00. The first kappa shape index (κ1) is 23.5. The number of anilines is 1. The molecule has 1 aliphatic heterocycles. The first-order valence-electron chi connectivity index (χ1n) is 11.4. The Morgan fingerprint density at radius 1 is 1.11 bits per heavy atom. The van der Waals surface area contributed by atoms with Crippen LogP contribution in [0.4, 0.5) is 18.9 Å². The molecule has 2 heterocycles. The van der Waals surface area contributed by atoms with Crippen molar-refractivity contribution in [1.29, 1.82) is 0 Å². The van der Waals surface area contributed by atoms with Gasteiger partial charge < -0.3 is 10.6 Å². The molecule has 0 fully saturated rings. The van der Waals surface area contributed by atoms with Crippen molar-refractivity contribution in [3.63, 3.8) is 0 Å². The van der Waals surface area contributed by atoms with Gasteiger partial charge in [-0.25, -0.2) is 0 Å². The topological polar surface area (TPSA) is 101 Å². The van der Waals surface area contributed by atoms with E-state index in [0.717, 1.165) is 34.5 Å². The van der Waals surface area contributed by atoms with Crippen molar-refractivity contribution < 1.29 is 18.0 Å². The van der Waals surface area contributed by atoms with Gasteiger partial charge in [-0.3, -0.25) is 4.79 Å². The molecule has 0 aliphatic carbocycles. The smallest absolute Gasteiger partial charge is 0.366 e. The van der Waals surface area contributed by atoms with Crippen LogP contribution in [0.2, 0.25) is 0 Å². The highest BCUT2D eigenvalue weighted by Gasteiger charge is 2.36. The van der Waals surface area contributed by atoms with Gasteiger partial charge in [0.15, 0.2) is 0 Å². The highest BCUT2D eigenvalue weighted by atomic mass is 19.4. The van der Waals surface area contributed by atoms with E-state index in [4.69, 9.17) is 5.73 Å². The molecule has 1 aliphatic rings. The summed E-state index contributed by atoms with van der Waals surface area (Å²) in [5.41, 5.74) is 9.73. The summed E-state index contributed by atoms with van der Waals surface area (Å²) in [6, 6.07) is 18.4. The van der Waals surface area contributed by atoms with E-state index in [1.54, 1.807) is 6.07 Å². The maximum Gasteiger partial charge on any atom is 0.416 e. The number of fused-ring (bicyclic) bond motifs is 1. The van der Waals surface area contributed by atoms with E-state index < -0.39 is 17.6 Å². The zero-order valence-corrected chi connectivity index (χ0v) is 19.3. The van der Waals surface area contributed by atoms with Gasteiger partial charge in [0.1, 0.15) is 0 Å². The molecule has 0 spiro atoms. The fourth-order valence-electron chi connectivity index (χ4n) is 4.88. The van der Waals surface area contributed by atoms with E-state index >= 15 is 0 Å². The first-order chi connectivity index (χ1) is 17.2. The van der Waals surface area contributed by atoms with E-state index in [1.165, 1.54) is 12.1 Å². The predicted molar refractivity (Wildman–Crippen MR) is 128 cm³/mol. The van der Waals surface area contributed by atoms with Gasteiger partial charge in [-0.05, 0) is 46.5 Å². The third kappa shape index (κ3) is 4.41. The van der Waals surface area contributed by atoms with Crippen LogP contribution in [-0.4, -0.2) is 32.6 Å². The highest BCUT2D eigenvalue weighted by Crippen LogP contribution is 2.42. The molecular formula is C26H23F3N6O. The Hall–Kier alpha value is -4.21. The van der Waals surface area contributed by atoms with Crippen LogP contribution in [0.3, 0.4) is 0 Å². The second-order valence-corrected chi connectivity index (χ2v) is 8.92. The molecular weight excluding hydrogens is 469 g/mol. The summed E-state index contributed by atoms with van der Waals surface area (Å²) in [5.74, 6) is -0.00793. The zero-order chi connectivity index (χ0) is 25.4. The number of aromatic nitrogens is 4. The van der Waals surface area contributed by atoms with Crippen LogP contribution in [0.25, 0.3) is 11.4 Å². The number of para-hydroxylation sites is 1. The third-order valence-corrected chi connectivity index (χ3v) is 6.75. The Balaban J connectivity index is 1.48. The number of primary amides is 1. The molecule has 184 valence electrons. The molecule has 7 nitrogen and oxygen atoms in total. The Morgan fingerprint density at radius 2 is 1.83 bits per heavy atom. The van der Waals surface area contributed by atoms with Crippen molar-refractivity contribution in [3.05, 3.63) is 94.5 Å². The van der Waals surface area contributed by atoms with Gasteiger partial charge in [-0.2, -0.15) is 18.4 Å². The predicted octanol–water partition coefficient (Wildman–Crippen LogP) is 4.72. The van der Waals surface area contributed by atoms with Gasteiger partial charge in [-0.15, -0.1) is 10.2 Å². The molecule has 36 heavy (non-hydrogen) atoms. The average molecular weight is 493 g/mol. The Bertz CT molecular complexity index is 1370. The summed E-state index contributed by atoms with van der Waals surface area (Å²) < 4.78 is 39.2. The monoisotopic (exact) mass is 492 g/mol. The maximum absolute atomic E-state index is 13.1. The number of nitrogens with one attached hydrogen (secondary N) is 1. The minimum absolute atomic E-state index is 0.0342.